The molecule has 2 N–H and O–H groups in total. The van der Waals surface area contributed by atoms with E-state index < -0.39 is 0 Å². The number of likely N-dealkylation sites (tertiary alicyclic amines) is 2. The first-order valence-corrected chi connectivity index (χ1v) is 29.9. The van der Waals surface area contributed by atoms with Crippen molar-refractivity contribution < 1.29 is 9.59 Å². The van der Waals surface area contributed by atoms with Gasteiger partial charge in [0, 0.05) is 103 Å². The maximum Gasteiger partial charge on any atom is 0.222 e. The number of pyridine rings is 2. The number of carbonyl (C=O) groups excluding carboxylic acids is 2. The van der Waals surface area contributed by atoms with Gasteiger partial charge >= 0.3 is 0 Å². The summed E-state index contributed by atoms with van der Waals surface area (Å²) in [5.74, 6) is 3.15. The summed E-state index contributed by atoms with van der Waals surface area (Å²) in [6, 6.07) is 14.1. The number of amides is 2. The molecule has 2 saturated carbocycles. The van der Waals surface area contributed by atoms with Crippen molar-refractivity contribution >= 4 is 98.7 Å². The van der Waals surface area contributed by atoms with E-state index in [1.807, 2.05) is 38.6 Å². The molecule has 2 aliphatic heterocycles. The number of fused-ring (bicyclic) bond motifs is 4. The largest absolute Gasteiger partial charge is 0.343 e. The first-order valence-electron chi connectivity index (χ1n) is 26.0. The highest BCUT2D eigenvalue weighted by Gasteiger charge is 2.39. The van der Waals surface area contributed by atoms with E-state index in [9.17, 15) is 9.59 Å². The van der Waals surface area contributed by atoms with Gasteiger partial charge in [0.15, 0.2) is 0 Å². The van der Waals surface area contributed by atoms with Crippen LogP contribution in [0, 0.1) is 23.7 Å². The van der Waals surface area contributed by atoms with Crippen molar-refractivity contribution in [3.05, 3.63) is 121 Å². The van der Waals surface area contributed by atoms with Crippen LogP contribution in [0.3, 0.4) is 0 Å². The standard InChI is InChI=1S/2C28H34Br2ClN3O/c2*1-32-23-6-2-17(3-7-23)12-25(35)34-10-8-18(9-11-34)27-26-19(14-22(31)15-24(26)30)4-5-20-13-21(29)16-33-28(20)27/h2*13-18,23,27,32H,2-12H2,1H3/t2*17?,23?,27-/m11/s1. The lowest BCUT2D eigenvalue weighted by molar-refractivity contribution is -0.134. The fourth-order valence-corrected chi connectivity index (χ4v) is 16.1. The summed E-state index contributed by atoms with van der Waals surface area (Å²) in [6.07, 6.45) is 22.6. The highest BCUT2D eigenvalue weighted by molar-refractivity contribution is 9.11. The van der Waals surface area contributed by atoms with Crippen molar-refractivity contribution in [2.75, 3.05) is 40.3 Å². The number of hydrogen-bond donors (Lipinski definition) is 2. The highest BCUT2D eigenvalue weighted by atomic mass is 79.9. The van der Waals surface area contributed by atoms with Gasteiger partial charge < -0.3 is 20.4 Å². The van der Waals surface area contributed by atoms with Gasteiger partial charge in [-0.2, -0.15) is 0 Å². The predicted molar refractivity (Wildman–Crippen MR) is 298 cm³/mol. The number of carbonyl (C=O) groups is 2. The molecule has 0 radical (unpaired) electrons. The Morgan fingerprint density at radius 2 is 0.886 bits per heavy atom. The Labute approximate surface area is 459 Å². The van der Waals surface area contributed by atoms with E-state index in [2.05, 4.69) is 108 Å². The number of benzene rings is 2. The molecule has 2 aromatic heterocycles. The van der Waals surface area contributed by atoms with Gasteiger partial charge in [-0.15, -0.1) is 0 Å². The molecule has 6 aliphatic rings. The Balaban J connectivity index is 0.000000174. The smallest absolute Gasteiger partial charge is 0.222 e. The lowest BCUT2D eigenvalue weighted by Gasteiger charge is -2.38. The van der Waals surface area contributed by atoms with Crippen LogP contribution < -0.4 is 10.6 Å². The van der Waals surface area contributed by atoms with Crippen molar-refractivity contribution in [3.8, 4) is 0 Å². The molecule has 4 heterocycles. The molecule has 0 bridgehead atoms. The first-order chi connectivity index (χ1) is 33.8. The molecule has 4 fully saturated rings. The van der Waals surface area contributed by atoms with Gasteiger partial charge in [-0.25, -0.2) is 0 Å². The molecule has 8 nitrogen and oxygen atoms in total. The van der Waals surface area contributed by atoms with Gasteiger partial charge in [-0.3, -0.25) is 19.6 Å². The second-order valence-electron chi connectivity index (χ2n) is 21.1. The van der Waals surface area contributed by atoms with E-state index in [1.54, 1.807) is 0 Å². The molecule has 70 heavy (non-hydrogen) atoms. The molecular formula is C56H68Br4Cl2N6O2. The number of rotatable bonds is 8. The average molecular weight is 1250 g/mol. The number of hydrogen-bond acceptors (Lipinski definition) is 6. The van der Waals surface area contributed by atoms with Crippen molar-refractivity contribution in [3.63, 3.8) is 0 Å². The number of aromatic nitrogens is 2. The van der Waals surface area contributed by atoms with Crippen molar-refractivity contribution in [1.82, 2.24) is 30.4 Å². The summed E-state index contributed by atoms with van der Waals surface area (Å²) in [4.78, 5) is 40.5. The van der Waals surface area contributed by atoms with Crippen LogP contribution in [-0.4, -0.2) is 83.9 Å². The zero-order chi connectivity index (χ0) is 49.1. The molecule has 10 rings (SSSR count). The van der Waals surface area contributed by atoms with Crippen LogP contribution in [0.25, 0.3) is 0 Å². The van der Waals surface area contributed by atoms with Crippen molar-refractivity contribution in [1.29, 1.82) is 0 Å². The Morgan fingerprint density at radius 1 is 0.529 bits per heavy atom. The molecule has 14 heteroatoms. The van der Waals surface area contributed by atoms with Crippen LogP contribution in [0.5, 0.6) is 0 Å². The van der Waals surface area contributed by atoms with E-state index in [-0.39, 0.29) is 11.8 Å². The van der Waals surface area contributed by atoms with Crippen molar-refractivity contribution in [2.24, 2.45) is 23.7 Å². The molecule has 2 atom stereocenters. The van der Waals surface area contributed by atoms with Gasteiger partial charge in [-0.05, 0) is 242 Å². The van der Waals surface area contributed by atoms with Gasteiger partial charge in [0.05, 0.1) is 11.4 Å². The summed E-state index contributed by atoms with van der Waals surface area (Å²) in [7, 11) is 4.10. The number of nitrogens with zero attached hydrogens (tertiary/aromatic N) is 4. The lowest BCUT2D eigenvalue weighted by Crippen LogP contribution is -2.41. The lowest BCUT2D eigenvalue weighted by atomic mass is 9.76. The summed E-state index contributed by atoms with van der Waals surface area (Å²) >= 11 is 27.9. The van der Waals surface area contributed by atoms with Crippen LogP contribution in [0.2, 0.25) is 10.0 Å². The van der Waals surface area contributed by atoms with Crippen LogP contribution in [0.4, 0.5) is 0 Å². The first kappa shape index (κ1) is 52.9. The Morgan fingerprint density at radius 3 is 1.24 bits per heavy atom. The van der Waals surface area contributed by atoms with Gasteiger partial charge in [0.1, 0.15) is 0 Å². The number of piperidine rings is 2. The van der Waals surface area contributed by atoms with Crippen LogP contribution in [0.15, 0.2) is 66.7 Å². The predicted octanol–water partition coefficient (Wildman–Crippen LogP) is 13.8. The van der Waals surface area contributed by atoms with E-state index in [1.165, 1.54) is 96.1 Å². The van der Waals surface area contributed by atoms with Crippen LogP contribution in [-0.2, 0) is 35.3 Å². The zero-order valence-electron chi connectivity index (χ0n) is 40.7. The normalized spacial score (nSPS) is 25.0. The summed E-state index contributed by atoms with van der Waals surface area (Å²) in [6.45, 7) is 3.38. The topological polar surface area (TPSA) is 90.5 Å². The molecule has 2 amide bonds. The summed E-state index contributed by atoms with van der Waals surface area (Å²) < 4.78 is 4.22. The SMILES string of the molecule is CNC1CCC(CC(=O)N2CCC([C@H]3c4ncc(Br)cc4CCc4cc(Cl)cc(Br)c43)CC2)CC1.CNC1CCC(CC(=O)N2CCC([C@H]3c4ncc(Br)cc4CCc4cc(Cl)cc(Br)c43)CC2)CC1. The third-order valence-corrected chi connectivity index (χ3v) is 19.6. The fourth-order valence-electron chi connectivity index (χ4n) is 13.1. The minimum Gasteiger partial charge on any atom is -0.343 e. The maximum atomic E-state index is 13.2. The third-order valence-electron chi connectivity index (χ3n) is 17.0. The van der Waals surface area contributed by atoms with Gasteiger partial charge in [0.25, 0.3) is 0 Å². The van der Waals surface area contributed by atoms with E-state index in [4.69, 9.17) is 33.2 Å². The second kappa shape index (κ2) is 24.2. The number of aryl methyl sites for hydroxylation is 4. The minimum atomic E-state index is 0.219. The van der Waals surface area contributed by atoms with E-state index in [0.29, 0.717) is 47.6 Å². The molecule has 376 valence electrons. The molecule has 4 aliphatic carbocycles. The zero-order valence-corrected chi connectivity index (χ0v) is 48.5. The number of halogens is 6. The fraction of sp³-hybridized carbons (Fsp3) is 0.571. The van der Waals surface area contributed by atoms with Crippen molar-refractivity contribution in [2.45, 2.75) is 139 Å². The third kappa shape index (κ3) is 12.4. The average Bonchev–Trinajstić information content (AvgIpc) is 3.62. The second-order valence-corrected chi connectivity index (χ2v) is 25.5. The molecule has 0 unspecified atom stereocenters. The Bertz CT molecular complexity index is 2330. The van der Waals surface area contributed by atoms with Gasteiger partial charge in [0.2, 0.25) is 11.8 Å². The molecule has 2 saturated heterocycles. The van der Waals surface area contributed by atoms with Gasteiger partial charge in [-0.1, -0.05) is 55.1 Å². The maximum absolute atomic E-state index is 13.2. The molecule has 2 aromatic carbocycles. The Kier molecular flexibility index (Phi) is 18.3. The van der Waals surface area contributed by atoms with Crippen LogP contribution in [0.1, 0.15) is 146 Å². The van der Waals surface area contributed by atoms with Crippen LogP contribution >= 0.6 is 86.9 Å². The number of nitrogens with one attached hydrogen (secondary N) is 2. The van der Waals surface area contributed by atoms with E-state index in [0.717, 1.165) is 118 Å². The Hall–Kier alpha value is -1.90. The minimum absolute atomic E-state index is 0.219. The molecular weight excluding hydrogens is 1180 g/mol. The quantitative estimate of drug-likeness (QED) is 0.183. The molecule has 4 aromatic rings. The summed E-state index contributed by atoms with van der Waals surface area (Å²) in [5, 5.41) is 8.34. The van der Waals surface area contributed by atoms with E-state index >= 15 is 0 Å². The monoisotopic (exact) mass is 1240 g/mol. The highest BCUT2D eigenvalue weighted by Crippen LogP contribution is 2.48. The molecule has 0 spiro atoms. The summed E-state index contributed by atoms with van der Waals surface area (Å²) in [5.41, 5.74) is 10.3.